The van der Waals surface area contributed by atoms with Gasteiger partial charge in [-0.1, -0.05) is 24.3 Å². The molecule has 2 atom stereocenters. The Morgan fingerprint density at radius 2 is 2.22 bits per heavy atom. The van der Waals surface area contributed by atoms with Crippen molar-refractivity contribution in [1.82, 2.24) is 4.90 Å². The Morgan fingerprint density at radius 3 is 3.00 bits per heavy atom. The summed E-state index contributed by atoms with van der Waals surface area (Å²) in [5, 5.41) is -0.0137. The number of hydrogen-bond acceptors (Lipinski definition) is 3. The number of carbonyl (C=O) groups is 1. The molecule has 0 spiro atoms. The topological polar surface area (TPSA) is 46.3 Å². The van der Waals surface area contributed by atoms with Crippen LogP contribution in [0.1, 0.15) is 22.8 Å². The van der Waals surface area contributed by atoms with Gasteiger partial charge in [0, 0.05) is 19.1 Å². The highest BCUT2D eigenvalue weighted by Gasteiger charge is 2.33. The minimum absolute atomic E-state index is 0.0137. The van der Waals surface area contributed by atoms with Gasteiger partial charge in [0.25, 0.3) is 0 Å². The van der Waals surface area contributed by atoms with Gasteiger partial charge in [0.15, 0.2) is 0 Å². The monoisotopic (exact) mass is 262 g/mol. The van der Waals surface area contributed by atoms with Crippen molar-refractivity contribution in [2.24, 2.45) is 5.73 Å². The zero-order chi connectivity index (χ0) is 12.5. The first-order chi connectivity index (χ1) is 8.75. The van der Waals surface area contributed by atoms with Crippen LogP contribution in [-0.2, 0) is 11.2 Å². The zero-order valence-corrected chi connectivity index (χ0v) is 11.2. The van der Waals surface area contributed by atoms with Crippen LogP contribution in [0.5, 0.6) is 0 Å². The molecule has 2 heterocycles. The van der Waals surface area contributed by atoms with Crippen molar-refractivity contribution in [2.45, 2.75) is 24.1 Å². The summed E-state index contributed by atoms with van der Waals surface area (Å²) in [6, 6.07) is 8.49. The van der Waals surface area contributed by atoms with Gasteiger partial charge in [-0.05, 0) is 29.7 Å². The van der Waals surface area contributed by atoms with E-state index >= 15 is 0 Å². The van der Waals surface area contributed by atoms with Crippen molar-refractivity contribution >= 4 is 17.7 Å². The van der Waals surface area contributed by atoms with Crippen molar-refractivity contribution in [2.75, 3.05) is 18.8 Å². The maximum Gasteiger partial charge on any atom is 0.240 e. The van der Waals surface area contributed by atoms with Crippen LogP contribution in [0.3, 0.4) is 0 Å². The molecule has 0 unspecified atom stereocenters. The highest BCUT2D eigenvalue weighted by Crippen LogP contribution is 2.38. The fourth-order valence-corrected chi connectivity index (χ4v) is 4.03. The molecule has 1 aromatic rings. The summed E-state index contributed by atoms with van der Waals surface area (Å²) >= 11 is 1.77. The van der Waals surface area contributed by atoms with Gasteiger partial charge in [-0.25, -0.2) is 0 Å². The summed E-state index contributed by atoms with van der Waals surface area (Å²) in [6.45, 7) is 1.54. The van der Waals surface area contributed by atoms with E-state index in [1.165, 1.54) is 11.1 Å². The molecular weight excluding hydrogens is 244 g/mol. The van der Waals surface area contributed by atoms with Gasteiger partial charge in [-0.3, -0.25) is 4.79 Å². The third-order valence-corrected chi connectivity index (χ3v) is 4.98. The van der Waals surface area contributed by atoms with E-state index < -0.39 is 0 Å². The average molecular weight is 262 g/mol. The largest absolute Gasteiger partial charge is 0.340 e. The SMILES string of the molecule is N[C@H]1CCN(C(=O)[C@H]2SCCc3ccccc32)C1. The fourth-order valence-electron chi connectivity index (χ4n) is 2.75. The molecule has 3 nitrogen and oxygen atoms in total. The number of fused-ring (bicyclic) bond motifs is 1. The molecule has 0 saturated carbocycles. The first-order valence-electron chi connectivity index (χ1n) is 6.49. The maximum absolute atomic E-state index is 12.6. The minimum Gasteiger partial charge on any atom is -0.340 e. The quantitative estimate of drug-likeness (QED) is 0.836. The number of likely N-dealkylation sites (tertiary alicyclic amines) is 1. The second-order valence-electron chi connectivity index (χ2n) is 5.03. The van der Waals surface area contributed by atoms with Crippen LogP contribution in [0.2, 0.25) is 0 Å². The van der Waals surface area contributed by atoms with Crippen LogP contribution in [-0.4, -0.2) is 35.7 Å². The highest BCUT2D eigenvalue weighted by molar-refractivity contribution is 8.00. The molecule has 2 aliphatic rings. The van der Waals surface area contributed by atoms with Crippen LogP contribution in [0.4, 0.5) is 0 Å². The number of nitrogens with zero attached hydrogens (tertiary/aromatic N) is 1. The molecule has 3 rings (SSSR count). The van der Waals surface area contributed by atoms with Gasteiger partial charge in [0.05, 0.1) is 0 Å². The average Bonchev–Trinajstić information content (AvgIpc) is 2.84. The van der Waals surface area contributed by atoms with E-state index in [4.69, 9.17) is 5.73 Å². The van der Waals surface area contributed by atoms with Gasteiger partial charge in [-0.2, -0.15) is 0 Å². The number of thioether (sulfide) groups is 1. The Labute approximate surface area is 112 Å². The van der Waals surface area contributed by atoms with Gasteiger partial charge in [0.2, 0.25) is 5.91 Å². The van der Waals surface area contributed by atoms with Crippen molar-refractivity contribution < 1.29 is 4.79 Å². The fraction of sp³-hybridized carbons (Fsp3) is 0.500. The molecule has 0 aromatic heterocycles. The molecule has 96 valence electrons. The summed E-state index contributed by atoms with van der Waals surface area (Å²) in [7, 11) is 0. The highest BCUT2D eigenvalue weighted by atomic mass is 32.2. The molecule has 1 fully saturated rings. The van der Waals surface area contributed by atoms with E-state index in [1.54, 1.807) is 11.8 Å². The molecule has 2 aliphatic heterocycles. The van der Waals surface area contributed by atoms with Gasteiger partial charge in [-0.15, -0.1) is 11.8 Å². The second-order valence-corrected chi connectivity index (χ2v) is 6.25. The number of rotatable bonds is 1. The molecule has 0 aliphatic carbocycles. The maximum atomic E-state index is 12.6. The predicted octanol–water partition coefficient (Wildman–Crippen LogP) is 1.58. The van der Waals surface area contributed by atoms with Gasteiger partial charge in [0.1, 0.15) is 5.25 Å². The number of aryl methyl sites for hydroxylation is 1. The zero-order valence-electron chi connectivity index (χ0n) is 10.3. The number of nitrogens with two attached hydrogens (primary N) is 1. The Balaban J connectivity index is 1.83. The molecule has 2 N–H and O–H groups in total. The molecule has 0 bridgehead atoms. The Kier molecular flexibility index (Phi) is 3.31. The van der Waals surface area contributed by atoms with E-state index in [0.29, 0.717) is 0 Å². The van der Waals surface area contributed by atoms with Crippen molar-refractivity contribution in [1.29, 1.82) is 0 Å². The molecule has 4 heteroatoms. The van der Waals surface area contributed by atoms with Crippen molar-refractivity contribution in [3.05, 3.63) is 35.4 Å². The number of carbonyl (C=O) groups excluding carboxylic acids is 1. The van der Waals surface area contributed by atoms with Gasteiger partial charge >= 0.3 is 0 Å². The molecular formula is C14H18N2OS. The second kappa shape index (κ2) is 4.94. The van der Waals surface area contributed by atoms with Crippen molar-refractivity contribution in [3.63, 3.8) is 0 Å². The smallest absolute Gasteiger partial charge is 0.240 e. The van der Waals surface area contributed by atoms with Crippen LogP contribution in [0.25, 0.3) is 0 Å². The Bertz CT molecular complexity index is 463. The number of amides is 1. The standard InChI is InChI=1S/C14H18N2OS/c15-11-5-7-16(9-11)14(17)13-12-4-2-1-3-10(12)6-8-18-13/h1-4,11,13H,5-9,15H2/t11-,13-/m0/s1. The lowest BCUT2D eigenvalue weighted by Gasteiger charge is -2.28. The lowest BCUT2D eigenvalue weighted by molar-refractivity contribution is -0.129. The molecule has 1 aromatic carbocycles. The van der Waals surface area contributed by atoms with E-state index in [-0.39, 0.29) is 17.2 Å². The van der Waals surface area contributed by atoms with E-state index in [1.807, 2.05) is 11.0 Å². The first-order valence-corrected chi connectivity index (χ1v) is 7.54. The summed E-state index contributed by atoms with van der Waals surface area (Å²) in [5.74, 6) is 1.29. The third-order valence-electron chi connectivity index (χ3n) is 3.75. The summed E-state index contributed by atoms with van der Waals surface area (Å²) in [6.07, 6.45) is 2.01. The summed E-state index contributed by atoms with van der Waals surface area (Å²) < 4.78 is 0. The predicted molar refractivity (Wildman–Crippen MR) is 74.5 cm³/mol. The third kappa shape index (κ3) is 2.15. The Morgan fingerprint density at radius 1 is 1.39 bits per heavy atom. The van der Waals surface area contributed by atoms with Crippen molar-refractivity contribution in [3.8, 4) is 0 Å². The molecule has 18 heavy (non-hydrogen) atoms. The molecule has 1 saturated heterocycles. The lowest BCUT2D eigenvalue weighted by Crippen LogP contribution is -2.35. The number of hydrogen-bond donors (Lipinski definition) is 1. The lowest BCUT2D eigenvalue weighted by atomic mass is 10.0. The van der Waals surface area contributed by atoms with Gasteiger partial charge < -0.3 is 10.6 Å². The molecule has 1 amide bonds. The van der Waals surface area contributed by atoms with E-state index in [0.717, 1.165) is 31.7 Å². The first kappa shape index (κ1) is 12.1. The van der Waals surface area contributed by atoms with E-state index in [9.17, 15) is 4.79 Å². The number of benzene rings is 1. The molecule has 0 radical (unpaired) electrons. The Hall–Kier alpha value is -1.00. The summed E-state index contributed by atoms with van der Waals surface area (Å²) in [4.78, 5) is 14.5. The van der Waals surface area contributed by atoms with Crippen LogP contribution in [0, 0.1) is 0 Å². The summed E-state index contributed by atoms with van der Waals surface area (Å²) in [5.41, 5.74) is 8.43. The van der Waals surface area contributed by atoms with Crippen LogP contribution < -0.4 is 5.73 Å². The minimum atomic E-state index is -0.0137. The van der Waals surface area contributed by atoms with E-state index in [2.05, 4.69) is 18.2 Å². The normalized spacial score (nSPS) is 27.1. The van der Waals surface area contributed by atoms with Crippen LogP contribution in [0.15, 0.2) is 24.3 Å². The van der Waals surface area contributed by atoms with Crippen LogP contribution >= 0.6 is 11.8 Å².